The second kappa shape index (κ2) is 20.4. The van der Waals surface area contributed by atoms with E-state index in [-0.39, 0.29) is 17.7 Å². The third-order valence-corrected chi connectivity index (χ3v) is 13.4. The summed E-state index contributed by atoms with van der Waals surface area (Å²) in [6, 6.07) is 15.1. The molecule has 2 amide bonds. The highest BCUT2D eigenvalue weighted by atomic mass is 35.5. The fourth-order valence-corrected chi connectivity index (χ4v) is 10.1. The second-order valence-electron chi connectivity index (χ2n) is 14.9. The number of methoxy groups -OCH3 is 2. The first kappa shape index (κ1) is 42.9. The molecule has 3 fully saturated rings. The molecule has 3 aliphatic heterocycles. The summed E-state index contributed by atoms with van der Waals surface area (Å²) in [6.07, 6.45) is 7.22. The van der Waals surface area contributed by atoms with Crippen molar-refractivity contribution < 1.29 is 33.3 Å². The van der Waals surface area contributed by atoms with Gasteiger partial charge in [-0.2, -0.15) is 0 Å². The van der Waals surface area contributed by atoms with Crippen molar-refractivity contribution in [2.45, 2.75) is 49.9 Å². The smallest absolute Gasteiger partial charge is 0.257 e. The summed E-state index contributed by atoms with van der Waals surface area (Å²) in [4.78, 5) is 45.8. The highest BCUT2D eigenvalue weighted by Gasteiger charge is 2.24. The number of aromatic nitrogens is 4. The van der Waals surface area contributed by atoms with E-state index in [1.54, 1.807) is 44.8 Å². The number of benzene rings is 2. The zero-order chi connectivity index (χ0) is 42.1. The molecule has 61 heavy (non-hydrogen) atoms. The Morgan fingerprint density at radius 3 is 1.62 bits per heavy atom. The number of anilines is 2. The van der Waals surface area contributed by atoms with Gasteiger partial charge in [-0.15, -0.1) is 11.6 Å². The van der Waals surface area contributed by atoms with Crippen molar-refractivity contribution in [3.05, 3.63) is 94.6 Å². The molecule has 320 valence electrons. The summed E-state index contributed by atoms with van der Waals surface area (Å²) < 4.78 is 29.6. The number of morpholine rings is 1. The summed E-state index contributed by atoms with van der Waals surface area (Å²) in [5.41, 5.74) is 6.67. The summed E-state index contributed by atoms with van der Waals surface area (Å²) in [5.74, 6) is 2.11. The Morgan fingerprint density at radius 1 is 0.689 bits per heavy atom. The number of fused-ring (bicyclic) bond motifs is 2. The third kappa shape index (κ3) is 10.3. The van der Waals surface area contributed by atoms with Gasteiger partial charge in [-0.25, -0.2) is 9.97 Å². The van der Waals surface area contributed by atoms with Crippen LogP contribution in [0, 0.1) is 0 Å². The fraction of sp³-hybridized carbons (Fsp3) is 0.409. The van der Waals surface area contributed by atoms with Gasteiger partial charge in [0, 0.05) is 69.6 Å². The van der Waals surface area contributed by atoms with Gasteiger partial charge in [0.15, 0.2) is 10.3 Å². The Bertz CT molecular complexity index is 2460. The van der Waals surface area contributed by atoms with Gasteiger partial charge >= 0.3 is 0 Å². The number of hydrogen-bond donors (Lipinski definition) is 2. The maximum absolute atomic E-state index is 13.0. The van der Waals surface area contributed by atoms with Crippen LogP contribution in [0.1, 0.15) is 80.7 Å². The number of halogens is 1. The van der Waals surface area contributed by atoms with Crippen molar-refractivity contribution in [3.63, 3.8) is 0 Å². The Kier molecular flexibility index (Phi) is 14.3. The van der Waals surface area contributed by atoms with Crippen LogP contribution in [0.3, 0.4) is 0 Å². The van der Waals surface area contributed by atoms with E-state index in [0.717, 1.165) is 105 Å². The number of nitrogens with zero attached hydrogens (tertiary/aromatic N) is 5. The maximum Gasteiger partial charge on any atom is 0.257 e. The summed E-state index contributed by atoms with van der Waals surface area (Å²) in [6.45, 7) is 7.01. The topological polar surface area (TPSA) is 159 Å². The van der Waals surface area contributed by atoms with E-state index >= 15 is 0 Å². The monoisotopic (exact) mass is 885 g/mol. The molecule has 0 saturated carbocycles. The molecule has 3 aliphatic rings. The number of hydrogen-bond acceptors (Lipinski definition) is 14. The van der Waals surface area contributed by atoms with E-state index in [9.17, 15) is 9.59 Å². The first-order chi connectivity index (χ1) is 29.9. The highest BCUT2D eigenvalue weighted by molar-refractivity contribution is 7.23. The van der Waals surface area contributed by atoms with Gasteiger partial charge in [-0.1, -0.05) is 34.8 Å². The number of carbonyl (C=O) groups excluding carboxylic acids is 2. The quantitative estimate of drug-likeness (QED) is 0.120. The Morgan fingerprint density at radius 2 is 1.15 bits per heavy atom. The predicted molar refractivity (Wildman–Crippen MR) is 238 cm³/mol. The van der Waals surface area contributed by atoms with Crippen LogP contribution >= 0.6 is 34.3 Å². The number of carbonyl (C=O) groups is 2. The van der Waals surface area contributed by atoms with E-state index in [0.29, 0.717) is 57.0 Å². The van der Waals surface area contributed by atoms with Crippen molar-refractivity contribution in [3.8, 4) is 11.5 Å². The summed E-state index contributed by atoms with van der Waals surface area (Å²) >= 11 is 8.79. The average molecular weight is 886 g/mol. The predicted octanol–water partition coefficient (Wildman–Crippen LogP) is 8.26. The van der Waals surface area contributed by atoms with Crippen LogP contribution in [0.4, 0.5) is 10.3 Å². The number of thiazole rings is 2. The first-order valence-electron chi connectivity index (χ1n) is 20.4. The number of amides is 2. The molecule has 17 heteroatoms. The number of rotatable bonds is 11. The van der Waals surface area contributed by atoms with Crippen molar-refractivity contribution in [2.75, 3.05) is 77.6 Å². The zero-order valence-electron chi connectivity index (χ0n) is 34.1. The van der Waals surface area contributed by atoms with Gasteiger partial charge in [0.25, 0.3) is 11.8 Å². The van der Waals surface area contributed by atoms with E-state index in [1.807, 2.05) is 18.2 Å². The van der Waals surface area contributed by atoms with Gasteiger partial charge in [-0.3, -0.25) is 35.1 Å². The molecule has 0 unspecified atom stereocenters. The van der Waals surface area contributed by atoms with Crippen LogP contribution in [-0.4, -0.2) is 104 Å². The molecule has 3 saturated heterocycles. The van der Waals surface area contributed by atoms with Crippen LogP contribution in [-0.2, 0) is 26.6 Å². The molecule has 0 spiro atoms. The lowest BCUT2D eigenvalue weighted by molar-refractivity contribution is 0.0336. The number of alkyl halides is 1. The Balaban J connectivity index is 0.000000171. The SMILES string of the molecule is COc1ccc(C2CCOCC2)c2sc(NC(=O)c3ccnc(CCl)c3)nc12.COc1ccc(C2CCOCC2)c2sc(NC(=O)c3ccnc(CN4CCOCC4)c3)nc12. The van der Waals surface area contributed by atoms with Crippen LogP contribution in [0.25, 0.3) is 20.4 Å². The minimum atomic E-state index is -0.237. The normalized spacial score (nSPS) is 16.5. The molecular formula is C44H48ClN7O7S2. The number of ether oxygens (including phenoxy) is 5. The lowest BCUT2D eigenvalue weighted by Crippen LogP contribution is -2.35. The van der Waals surface area contributed by atoms with Gasteiger partial charge < -0.3 is 23.7 Å². The molecular weight excluding hydrogens is 838 g/mol. The minimum Gasteiger partial charge on any atom is -0.494 e. The molecule has 0 atom stereocenters. The molecule has 2 aromatic carbocycles. The highest BCUT2D eigenvalue weighted by Crippen LogP contribution is 2.42. The molecule has 7 heterocycles. The van der Waals surface area contributed by atoms with Gasteiger partial charge in [-0.05, 0) is 85.0 Å². The summed E-state index contributed by atoms with van der Waals surface area (Å²) in [7, 11) is 3.28. The van der Waals surface area contributed by atoms with Gasteiger partial charge in [0.2, 0.25) is 0 Å². The molecule has 2 N–H and O–H groups in total. The van der Waals surface area contributed by atoms with Gasteiger partial charge in [0.1, 0.15) is 22.5 Å². The van der Waals surface area contributed by atoms with Crippen LogP contribution < -0.4 is 20.1 Å². The molecule has 14 nitrogen and oxygen atoms in total. The van der Waals surface area contributed by atoms with E-state index in [2.05, 4.69) is 42.6 Å². The number of nitrogens with one attached hydrogen (secondary N) is 2. The lowest BCUT2D eigenvalue weighted by atomic mass is 9.91. The third-order valence-electron chi connectivity index (χ3n) is 11.1. The molecule has 0 bridgehead atoms. The maximum atomic E-state index is 13.0. The van der Waals surface area contributed by atoms with Crippen LogP contribution in [0.2, 0.25) is 0 Å². The van der Waals surface area contributed by atoms with E-state index in [1.165, 1.54) is 33.8 Å². The standard InChI is InChI=1S/C24H28N4O4S.C20H20ClN3O3S/c1-30-20-3-2-19(16-5-10-31-11-6-16)22-21(20)26-24(33-22)27-23(29)17-4-7-25-18(14-17)15-28-8-12-32-13-9-28;1-26-16-3-2-15(12-5-8-27-9-6-12)18-17(16)23-20(28-18)24-19(25)13-4-7-22-14(10-13)11-21/h2-4,7,14,16H,5-6,8-13,15H2,1H3,(H,26,27,29);2-4,7,10,12H,5-6,8-9,11H2,1H3,(H,23,24,25). The molecule has 6 aromatic rings. The molecule has 4 aromatic heterocycles. The van der Waals surface area contributed by atoms with E-state index < -0.39 is 0 Å². The van der Waals surface area contributed by atoms with E-state index in [4.69, 9.17) is 40.3 Å². The minimum absolute atomic E-state index is 0.189. The van der Waals surface area contributed by atoms with Crippen molar-refractivity contribution in [2.24, 2.45) is 0 Å². The average Bonchev–Trinajstić information content (AvgIpc) is 3.94. The zero-order valence-corrected chi connectivity index (χ0v) is 36.5. The molecule has 9 rings (SSSR count). The van der Waals surface area contributed by atoms with Crippen LogP contribution in [0.5, 0.6) is 11.5 Å². The number of pyridine rings is 2. The molecule has 0 aliphatic carbocycles. The van der Waals surface area contributed by atoms with Crippen molar-refractivity contribution >= 4 is 76.8 Å². The first-order valence-corrected chi connectivity index (χ1v) is 22.6. The second-order valence-corrected chi connectivity index (χ2v) is 17.1. The van der Waals surface area contributed by atoms with Gasteiger partial charge in [0.05, 0.1) is 54.1 Å². The summed E-state index contributed by atoms with van der Waals surface area (Å²) in [5, 5.41) is 7.00. The molecule has 0 radical (unpaired) electrons. The van der Waals surface area contributed by atoms with Crippen LogP contribution in [0.15, 0.2) is 60.9 Å². The fourth-order valence-electron chi connectivity index (χ4n) is 7.83. The van der Waals surface area contributed by atoms with Crippen molar-refractivity contribution in [1.82, 2.24) is 24.8 Å². The Hall–Kier alpha value is -4.81. The van der Waals surface area contributed by atoms with Crippen molar-refractivity contribution in [1.29, 1.82) is 0 Å². The Labute approximate surface area is 366 Å². The largest absolute Gasteiger partial charge is 0.494 e. The lowest BCUT2D eigenvalue weighted by Gasteiger charge is -2.26.